The Morgan fingerprint density at radius 3 is 1.55 bits per heavy atom. The molecule has 3 spiro atoms. The highest BCUT2D eigenvalue weighted by atomic mass is 15.1. The van der Waals surface area contributed by atoms with Crippen molar-refractivity contribution in [1.82, 2.24) is 0 Å². The maximum Gasteiger partial charge on any atom is 0.0726 e. The molecule has 4 saturated carbocycles. The Balaban J connectivity index is 0.978. The fraction of sp³-hybridized carbons (Fsp3) is 0.314. The van der Waals surface area contributed by atoms with Gasteiger partial charge in [0.15, 0.2) is 0 Å². The number of anilines is 3. The average molecular weight is 920 g/mol. The van der Waals surface area contributed by atoms with Gasteiger partial charge in [-0.1, -0.05) is 191 Å². The molecule has 0 N–H and O–H groups in total. The van der Waals surface area contributed by atoms with Gasteiger partial charge in [-0.2, -0.15) is 0 Å². The van der Waals surface area contributed by atoms with Crippen LogP contribution in [0, 0.1) is 10.8 Å². The smallest absolute Gasteiger partial charge is 0.0726 e. The van der Waals surface area contributed by atoms with Crippen LogP contribution in [-0.2, 0) is 10.8 Å². The Kier molecular flexibility index (Phi) is 9.24. The normalized spacial score (nSPS) is 23.0. The molecule has 8 aromatic carbocycles. The maximum absolute atomic E-state index is 2.75. The van der Waals surface area contributed by atoms with Crippen LogP contribution in [0.5, 0.6) is 0 Å². The summed E-state index contributed by atoms with van der Waals surface area (Å²) in [6.45, 7) is 4.83. The Morgan fingerprint density at radius 2 is 0.887 bits per heavy atom. The van der Waals surface area contributed by atoms with Crippen molar-refractivity contribution in [2.24, 2.45) is 10.8 Å². The lowest BCUT2D eigenvalue weighted by molar-refractivity contribution is 0.304. The van der Waals surface area contributed by atoms with Gasteiger partial charge in [-0.15, -0.1) is 0 Å². The number of para-hydroxylation sites is 1. The van der Waals surface area contributed by atoms with Crippen LogP contribution in [0.2, 0.25) is 0 Å². The first-order chi connectivity index (χ1) is 34.8. The summed E-state index contributed by atoms with van der Waals surface area (Å²) >= 11 is 0. The summed E-state index contributed by atoms with van der Waals surface area (Å²) < 4.78 is 0. The molecule has 2 atom stereocenters. The van der Waals surface area contributed by atoms with Crippen LogP contribution in [-0.4, -0.2) is 0 Å². The number of benzene rings is 8. The first kappa shape index (κ1) is 42.3. The lowest BCUT2D eigenvalue weighted by atomic mass is 9.69. The van der Waals surface area contributed by atoms with E-state index in [4.69, 9.17) is 0 Å². The van der Waals surface area contributed by atoms with Crippen LogP contribution in [0.25, 0.3) is 44.5 Å². The zero-order valence-corrected chi connectivity index (χ0v) is 41.7. The van der Waals surface area contributed by atoms with Crippen molar-refractivity contribution >= 4 is 17.1 Å². The summed E-state index contributed by atoms with van der Waals surface area (Å²) in [6.07, 6.45) is 19.5. The van der Waals surface area contributed by atoms with Crippen molar-refractivity contribution in [3.63, 3.8) is 0 Å². The molecule has 0 amide bonds. The predicted octanol–water partition coefficient (Wildman–Crippen LogP) is 19.1. The van der Waals surface area contributed by atoms with Crippen LogP contribution in [0.3, 0.4) is 0 Å². The Bertz CT molecular complexity index is 3360. The van der Waals surface area contributed by atoms with E-state index in [1.165, 1.54) is 185 Å². The molecule has 0 heterocycles. The minimum atomic E-state index is -0.446. The van der Waals surface area contributed by atoms with Gasteiger partial charge in [0.05, 0.1) is 16.8 Å². The van der Waals surface area contributed by atoms with Gasteiger partial charge in [0.2, 0.25) is 0 Å². The average Bonchev–Trinajstić information content (AvgIpc) is 4.32. The molecule has 8 aromatic rings. The molecule has 350 valence electrons. The molecule has 0 aliphatic heterocycles. The van der Waals surface area contributed by atoms with Crippen molar-refractivity contribution in [3.05, 3.63) is 220 Å². The molecular formula is C70H65N. The third kappa shape index (κ3) is 6.05. The number of hydrogen-bond acceptors (Lipinski definition) is 1. The summed E-state index contributed by atoms with van der Waals surface area (Å²) in [6, 6.07) is 69.4. The molecule has 0 saturated heterocycles. The number of fused-ring (bicyclic) bond motifs is 13. The van der Waals surface area contributed by atoms with Gasteiger partial charge in [0.25, 0.3) is 0 Å². The first-order valence-corrected chi connectivity index (χ1v) is 27.6. The predicted molar refractivity (Wildman–Crippen MR) is 295 cm³/mol. The quantitative estimate of drug-likeness (QED) is 0.161. The molecule has 1 nitrogen and oxygen atoms in total. The molecule has 0 aromatic heterocycles. The van der Waals surface area contributed by atoms with Crippen molar-refractivity contribution in [2.45, 2.75) is 126 Å². The maximum atomic E-state index is 2.75. The van der Waals surface area contributed by atoms with Gasteiger partial charge < -0.3 is 4.90 Å². The van der Waals surface area contributed by atoms with E-state index in [0.29, 0.717) is 22.7 Å². The molecule has 2 unspecified atom stereocenters. The topological polar surface area (TPSA) is 3.24 Å². The third-order valence-corrected chi connectivity index (χ3v) is 20.2. The second-order valence-corrected chi connectivity index (χ2v) is 24.0. The molecule has 15 rings (SSSR count). The molecule has 7 aliphatic carbocycles. The zero-order chi connectivity index (χ0) is 47.1. The third-order valence-electron chi connectivity index (χ3n) is 20.2. The van der Waals surface area contributed by atoms with Crippen LogP contribution >= 0.6 is 0 Å². The first-order valence-electron chi connectivity index (χ1n) is 27.6. The van der Waals surface area contributed by atoms with Crippen molar-refractivity contribution in [3.8, 4) is 44.5 Å². The number of nitrogens with zero attached hydrogens (tertiary/aromatic N) is 1. The fourth-order valence-electron chi connectivity index (χ4n) is 16.9. The molecule has 0 bridgehead atoms. The highest BCUT2D eigenvalue weighted by Crippen LogP contribution is 2.67. The van der Waals surface area contributed by atoms with Crippen LogP contribution < -0.4 is 4.90 Å². The van der Waals surface area contributed by atoms with Gasteiger partial charge in [0.1, 0.15) is 0 Å². The van der Waals surface area contributed by atoms with E-state index >= 15 is 0 Å². The van der Waals surface area contributed by atoms with Crippen molar-refractivity contribution in [2.75, 3.05) is 4.90 Å². The van der Waals surface area contributed by atoms with E-state index in [1.54, 1.807) is 11.1 Å². The summed E-state index contributed by atoms with van der Waals surface area (Å²) in [5.41, 5.74) is 26.7. The standard InChI is InChI=1S/C70H65N/c1-67(2)58-22-9-6-20-53(58)54-32-29-51(43-61(54)67)71(64-25-11-8-19-52(64)46-17-4-3-5-18-46)65-26-16-24-60-66(65)57-21-7-10-23-59(57)70(60)62-41-47(49-33-39-68(44-49)35-12-13-36-68)27-30-55(62)56-31-28-48(42-63(56)70)50-34-40-69(45-50)37-14-15-38-69/h3-11,16-32,41-43,49-50H,12-15,33-40,44-45H2,1-2H3. The highest BCUT2D eigenvalue weighted by molar-refractivity contribution is 6.03. The van der Waals surface area contributed by atoms with Gasteiger partial charge in [-0.3, -0.25) is 0 Å². The molecule has 0 radical (unpaired) electrons. The monoisotopic (exact) mass is 920 g/mol. The lowest BCUT2D eigenvalue weighted by Crippen LogP contribution is -2.26. The van der Waals surface area contributed by atoms with Crippen LogP contribution in [0.1, 0.15) is 160 Å². The number of rotatable bonds is 6. The van der Waals surface area contributed by atoms with Crippen LogP contribution in [0.15, 0.2) is 176 Å². The summed E-state index contributed by atoms with van der Waals surface area (Å²) in [4.78, 5) is 2.64. The summed E-state index contributed by atoms with van der Waals surface area (Å²) in [7, 11) is 0. The van der Waals surface area contributed by atoms with Crippen LogP contribution in [0.4, 0.5) is 17.1 Å². The minimum Gasteiger partial charge on any atom is -0.309 e. The van der Waals surface area contributed by atoms with E-state index in [-0.39, 0.29) is 5.41 Å². The molecular weight excluding hydrogens is 855 g/mol. The number of hydrogen-bond donors (Lipinski definition) is 0. The molecule has 4 fully saturated rings. The Labute approximate surface area is 422 Å². The van der Waals surface area contributed by atoms with E-state index in [2.05, 4.69) is 195 Å². The van der Waals surface area contributed by atoms with E-state index in [0.717, 1.165) is 0 Å². The largest absolute Gasteiger partial charge is 0.309 e. The molecule has 7 aliphatic rings. The van der Waals surface area contributed by atoms with Gasteiger partial charge >= 0.3 is 0 Å². The van der Waals surface area contributed by atoms with E-state index in [9.17, 15) is 0 Å². The van der Waals surface area contributed by atoms with E-state index < -0.39 is 5.41 Å². The van der Waals surface area contributed by atoms with Crippen molar-refractivity contribution in [1.29, 1.82) is 0 Å². The second kappa shape index (κ2) is 15.5. The minimum absolute atomic E-state index is 0.137. The van der Waals surface area contributed by atoms with Gasteiger partial charge in [-0.25, -0.2) is 0 Å². The summed E-state index contributed by atoms with van der Waals surface area (Å²) in [5.74, 6) is 1.25. The SMILES string of the molecule is CC1(C)c2ccccc2-c2ccc(N(c3ccccc3-c3ccccc3)c3cccc4c3-c3ccccc3C43c4cc(C5CCC6(CCCC6)C5)ccc4-c4ccc(C5CCC6(CCCC6)C5)cc43)cc21. The summed E-state index contributed by atoms with van der Waals surface area (Å²) in [5, 5.41) is 0. The van der Waals surface area contributed by atoms with Gasteiger partial charge in [0, 0.05) is 22.2 Å². The fourth-order valence-corrected chi connectivity index (χ4v) is 16.9. The zero-order valence-electron chi connectivity index (χ0n) is 41.7. The van der Waals surface area contributed by atoms with Gasteiger partial charge in [-0.05, 0) is 189 Å². The molecule has 1 heteroatoms. The Morgan fingerprint density at radius 1 is 0.380 bits per heavy atom. The van der Waals surface area contributed by atoms with Crippen molar-refractivity contribution < 1.29 is 0 Å². The second-order valence-electron chi connectivity index (χ2n) is 24.0. The Hall–Kier alpha value is -6.44. The molecule has 71 heavy (non-hydrogen) atoms. The highest BCUT2D eigenvalue weighted by Gasteiger charge is 2.54. The van der Waals surface area contributed by atoms with E-state index in [1.807, 2.05) is 0 Å². The lowest BCUT2D eigenvalue weighted by Gasteiger charge is -2.33.